The van der Waals surface area contributed by atoms with Crippen molar-refractivity contribution in [3.63, 3.8) is 0 Å². The van der Waals surface area contributed by atoms with Crippen LogP contribution in [0.1, 0.15) is 42.6 Å². The topological polar surface area (TPSA) is 138 Å². The molecule has 172 valence electrons. The van der Waals surface area contributed by atoms with E-state index in [9.17, 15) is 4.79 Å². The van der Waals surface area contributed by atoms with Crippen molar-refractivity contribution >= 4 is 17.6 Å². The molecule has 3 aromatic rings. The monoisotopic (exact) mass is 447 g/mol. The molecule has 0 fully saturated rings. The standard InChI is InChI=1S/C23H29N9O/c24-23(26-11-1-3-18-13-25-15-28-18)27-12-2-4-19-14-32(16-29-19)20-7-5-17(6-8-20)21-9-10-22(33)31-30-21/h5-8,13-16H,1-4,9-12H2,(H,25,28)(H,31,33)(H3,24,26,27). The van der Waals surface area contributed by atoms with E-state index in [0.29, 0.717) is 25.3 Å². The Morgan fingerprint density at radius 2 is 2.06 bits per heavy atom. The number of nitrogens with one attached hydrogen (secondary N) is 3. The number of hydrazone groups is 1. The molecule has 0 aliphatic carbocycles. The molecule has 0 saturated heterocycles. The number of carbonyl (C=O) groups excluding carboxylic acids is 1. The van der Waals surface area contributed by atoms with Crippen molar-refractivity contribution in [1.29, 1.82) is 0 Å². The molecular weight excluding hydrogens is 418 g/mol. The first-order valence-corrected chi connectivity index (χ1v) is 11.2. The number of aromatic nitrogens is 4. The lowest BCUT2D eigenvalue weighted by molar-refractivity contribution is -0.121. The van der Waals surface area contributed by atoms with Gasteiger partial charge in [-0.25, -0.2) is 15.4 Å². The molecule has 1 amide bonds. The number of carbonyl (C=O) groups is 1. The van der Waals surface area contributed by atoms with Crippen LogP contribution in [0.25, 0.3) is 5.69 Å². The van der Waals surface area contributed by atoms with Gasteiger partial charge >= 0.3 is 0 Å². The predicted octanol–water partition coefficient (Wildman–Crippen LogP) is 1.68. The van der Waals surface area contributed by atoms with Crippen LogP contribution in [-0.4, -0.2) is 50.2 Å². The zero-order valence-corrected chi connectivity index (χ0v) is 18.5. The van der Waals surface area contributed by atoms with Gasteiger partial charge in [0.15, 0.2) is 5.96 Å². The van der Waals surface area contributed by atoms with Gasteiger partial charge in [0.1, 0.15) is 0 Å². The number of rotatable bonds is 10. The van der Waals surface area contributed by atoms with Crippen molar-refractivity contribution in [2.24, 2.45) is 15.8 Å². The molecule has 5 N–H and O–H groups in total. The van der Waals surface area contributed by atoms with Gasteiger partial charge in [-0.3, -0.25) is 9.79 Å². The number of imidazole rings is 2. The summed E-state index contributed by atoms with van der Waals surface area (Å²) in [6.07, 6.45) is 12.1. The lowest BCUT2D eigenvalue weighted by atomic mass is 10.0. The number of nitrogens with two attached hydrogens (primary N) is 1. The van der Waals surface area contributed by atoms with Crippen molar-refractivity contribution in [1.82, 2.24) is 30.3 Å². The number of amides is 1. The van der Waals surface area contributed by atoms with E-state index in [4.69, 9.17) is 5.73 Å². The first kappa shape index (κ1) is 22.3. The second-order valence-electron chi connectivity index (χ2n) is 7.89. The summed E-state index contributed by atoms with van der Waals surface area (Å²) in [6, 6.07) is 8.10. The minimum absolute atomic E-state index is 0.0349. The smallest absolute Gasteiger partial charge is 0.240 e. The normalized spacial score (nSPS) is 14.1. The minimum atomic E-state index is -0.0349. The second kappa shape index (κ2) is 11.1. The Morgan fingerprint density at radius 3 is 2.82 bits per heavy atom. The molecule has 0 radical (unpaired) electrons. The van der Waals surface area contributed by atoms with E-state index < -0.39 is 0 Å². The number of hydrogen-bond donors (Lipinski definition) is 4. The maximum Gasteiger partial charge on any atom is 0.240 e. The average molecular weight is 448 g/mol. The van der Waals surface area contributed by atoms with Crippen LogP contribution in [0, 0.1) is 0 Å². The molecule has 0 saturated carbocycles. The summed E-state index contributed by atoms with van der Waals surface area (Å²) in [7, 11) is 0. The number of benzene rings is 1. The van der Waals surface area contributed by atoms with E-state index in [1.807, 2.05) is 47.6 Å². The van der Waals surface area contributed by atoms with Crippen LogP contribution in [-0.2, 0) is 17.6 Å². The summed E-state index contributed by atoms with van der Waals surface area (Å²) in [4.78, 5) is 27.2. The third-order valence-electron chi connectivity index (χ3n) is 5.40. The lowest BCUT2D eigenvalue weighted by Gasteiger charge is -2.12. The molecule has 10 nitrogen and oxygen atoms in total. The fourth-order valence-corrected chi connectivity index (χ4v) is 3.57. The second-order valence-corrected chi connectivity index (χ2v) is 7.89. The molecule has 2 aromatic heterocycles. The summed E-state index contributed by atoms with van der Waals surface area (Å²) in [5.41, 5.74) is 13.6. The number of H-pyrrole nitrogens is 1. The number of aromatic amines is 1. The average Bonchev–Trinajstić information content (AvgIpc) is 3.53. The summed E-state index contributed by atoms with van der Waals surface area (Å²) < 4.78 is 2.00. The number of aliphatic imine (C=N–C) groups is 1. The van der Waals surface area contributed by atoms with E-state index in [1.54, 1.807) is 6.33 Å². The SMILES string of the molecule is NC(=NCCCc1cn(-c2ccc(C3=NNC(=O)CC3)cc2)cn1)NCCCc1cnc[nH]1. The van der Waals surface area contributed by atoms with Gasteiger partial charge in [-0.1, -0.05) is 12.1 Å². The van der Waals surface area contributed by atoms with Gasteiger partial charge in [-0.15, -0.1) is 0 Å². The fourth-order valence-electron chi connectivity index (χ4n) is 3.57. The maximum absolute atomic E-state index is 11.3. The molecule has 1 aliphatic rings. The van der Waals surface area contributed by atoms with Crippen LogP contribution < -0.4 is 16.5 Å². The quantitative estimate of drug-likeness (QED) is 0.213. The molecule has 1 aliphatic heterocycles. The summed E-state index contributed by atoms with van der Waals surface area (Å²) in [5, 5.41) is 7.29. The van der Waals surface area contributed by atoms with Gasteiger partial charge in [0.2, 0.25) is 5.91 Å². The van der Waals surface area contributed by atoms with E-state index in [-0.39, 0.29) is 5.91 Å². The van der Waals surface area contributed by atoms with Crippen molar-refractivity contribution in [2.45, 2.75) is 38.5 Å². The van der Waals surface area contributed by atoms with Gasteiger partial charge in [-0.05, 0) is 43.4 Å². The largest absolute Gasteiger partial charge is 0.370 e. The number of nitrogens with zero attached hydrogens (tertiary/aromatic N) is 5. The van der Waals surface area contributed by atoms with Crippen molar-refractivity contribution in [3.05, 3.63) is 66.3 Å². The van der Waals surface area contributed by atoms with E-state index in [0.717, 1.165) is 60.6 Å². The zero-order chi connectivity index (χ0) is 22.9. The van der Waals surface area contributed by atoms with Gasteiger partial charge in [0.05, 0.1) is 24.1 Å². The highest BCUT2D eigenvalue weighted by molar-refractivity contribution is 6.04. The third kappa shape index (κ3) is 6.52. The van der Waals surface area contributed by atoms with Gasteiger partial charge in [0, 0.05) is 49.7 Å². The van der Waals surface area contributed by atoms with Crippen molar-refractivity contribution in [2.75, 3.05) is 13.1 Å². The lowest BCUT2D eigenvalue weighted by Crippen LogP contribution is -2.32. The van der Waals surface area contributed by atoms with E-state index in [2.05, 4.69) is 35.8 Å². The molecule has 10 heteroatoms. The molecule has 0 atom stereocenters. The minimum Gasteiger partial charge on any atom is -0.370 e. The Labute approximate surface area is 192 Å². The molecule has 33 heavy (non-hydrogen) atoms. The first-order chi connectivity index (χ1) is 16.2. The van der Waals surface area contributed by atoms with Gasteiger partial charge in [0.25, 0.3) is 0 Å². The van der Waals surface area contributed by atoms with Crippen LogP contribution in [0.2, 0.25) is 0 Å². The number of hydrogen-bond acceptors (Lipinski definition) is 5. The summed E-state index contributed by atoms with van der Waals surface area (Å²) >= 11 is 0. The highest BCUT2D eigenvalue weighted by Crippen LogP contribution is 2.15. The fraction of sp³-hybridized carbons (Fsp3) is 0.348. The Balaban J connectivity index is 1.19. The van der Waals surface area contributed by atoms with Crippen LogP contribution in [0.5, 0.6) is 0 Å². The maximum atomic E-state index is 11.3. The molecule has 3 heterocycles. The molecule has 1 aromatic carbocycles. The molecule has 0 spiro atoms. The Hall–Kier alpha value is -3.95. The molecule has 4 rings (SSSR count). The summed E-state index contributed by atoms with van der Waals surface area (Å²) in [5.74, 6) is 0.444. The molecular formula is C23H29N9O. The predicted molar refractivity (Wildman–Crippen MR) is 127 cm³/mol. The Bertz CT molecular complexity index is 1100. The third-order valence-corrected chi connectivity index (χ3v) is 5.40. The highest BCUT2D eigenvalue weighted by atomic mass is 16.2. The molecule has 0 unspecified atom stereocenters. The Kier molecular flexibility index (Phi) is 7.47. The Morgan fingerprint density at radius 1 is 1.18 bits per heavy atom. The summed E-state index contributed by atoms with van der Waals surface area (Å²) in [6.45, 7) is 1.43. The first-order valence-electron chi connectivity index (χ1n) is 11.2. The zero-order valence-electron chi connectivity index (χ0n) is 18.5. The van der Waals surface area contributed by atoms with Crippen LogP contribution in [0.3, 0.4) is 0 Å². The molecule has 0 bridgehead atoms. The van der Waals surface area contributed by atoms with Gasteiger partial charge < -0.3 is 20.6 Å². The van der Waals surface area contributed by atoms with Crippen molar-refractivity contribution in [3.8, 4) is 5.69 Å². The highest BCUT2D eigenvalue weighted by Gasteiger charge is 2.13. The van der Waals surface area contributed by atoms with Crippen LogP contribution in [0.15, 0.2) is 59.4 Å². The van der Waals surface area contributed by atoms with Gasteiger partial charge in [-0.2, -0.15) is 5.10 Å². The van der Waals surface area contributed by atoms with E-state index in [1.165, 1.54) is 0 Å². The van der Waals surface area contributed by atoms with Crippen LogP contribution >= 0.6 is 0 Å². The van der Waals surface area contributed by atoms with Crippen LogP contribution in [0.4, 0.5) is 0 Å². The van der Waals surface area contributed by atoms with E-state index >= 15 is 0 Å². The van der Waals surface area contributed by atoms with Crippen molar-refractivity contribution < 1.29 is 4.79 Å². The number of guanidine groups is 1. The number of aryl methyl sites for hydroxylation is 2.